The number of halogens is 4. The van der Waals surface area contributed by atoms with Crippen LogP contribution in [0.25, 0.3) is 0 Å². The third-order valence-corrected chi connectivity index (χ3v) is 8.44. The van der Waals surface area contributed by atoms with Crippen LogP contribution in [0.15, 0.2) is 18.2 Å². The van der Waals surface area contributed by atoms with E-state index in [4.69, 9.17) is 23.2 Å². The lowest BCUT2D eigenvalue weighted by atomic mass is 9.94. The van der Waals surface area contributed by atoms with E-state index in [-0.39, 0.29) is 18.9 Å². The Morgan fingerprint density at radius 2 is 1.66 bits per heavy atom. The van der Waals surface area contributed by atoms with Gasteiger partial charge in [0.15, 0.2) is 0 Å². The molecule has 0 N–H and O–H groups in total. The number of piperidine rings is 1. The summed E-state index contributed by atoms with van der Waals surface area (Å²) in [5, 5.41) is 0.885. The molecule has 3 saturated heterocycles. The zero-order valence-corrected chi connectivity index (χ0v) is 21.8. The van der Waals surface area contributed by atoms with Crippen LogP contribution in [0.4, 0.5) is 14.5 Å². The molecule has 1 aromatic carbocycles. The average Bonchev–Trinajstić information content (AvgIpc) is 3.60. The normalized spacial score (nSPS) is 23.3. The lowest BCUT2D eigenvalue weighted by Crippen LogP contribution is -2.60. The van der Waals surface area contributed by atoms with Crippen LogP contribution in [0.1, 0.15) is 39.0 Å². The quantitative estimate of drug-likeness (QED) is 0.579. The molecule has 3 heterocycles. The number of hydrogen-bond donors (Lipinski definition) is 0. The van der Waals surface area contributed by atoms with E-state index in [9.17, 15) is 18.4 Å². The van der Waals surface area contributed by atoms with Gasteiger partial charge in [-0.2, -0.15) is 0 Å². The minimum absolute atomic E-state index is 0.163. The number of hydrogen-bond acceptors (Lipinski definition) is 4. The SMILES string of the molecule is CCN1CCC2(CC1)CC2.O=C1CCN(c2ccc(Cl)c(Cl)c2)CCN1CC(=O)N1CC(F)(F)C1. The molecule has 4 aliphatic rings. The molecular formula is C25H34Cl2F2N4O2. The molecule has 1 spiro atoms. The second-order valence-corrected chi connectivity index (χ2v) is 11.0. The first-order chi connectivity index (χ1) is 16.6. The van der Waals surface area contributed by atoms with Gasteiger partial charge in [0.1, 0.15) is 0 Å². The van der Waals surface area contributed by atoms with Crippen molar-refractivity contribution in [3.8, 4) is 0 Å². The Morgan fingerprint density at radius 1 is 0.971 bits per heavy atom. The molecule has 0 radical (unpaired) electrons. The molecule has 1 aromatic rings. The number of alkyl halides is 2. The number of benzene rings is 1. The topological polar surface area (TPSA) is 47.1 Å². The summed E-state index contributed by atoms with van der Waals surface area (Å²) in [5.41, 5.74) is 1.71. The predicted molar refractivity (Wildman–Crippen MR) is 134 cm³/mol. The number of anilines is 1. The second kappa shape index (κ2) is 10.8. The number of nitrogens with zero attached hydrogens (tertiary/aromatic N) is 4. The van der Waals surface area contributed by atoms with Gasteiger partial charge >= 0.3 is 0 Å². The number of carbonyl (C=O) groups is 2. The van der Waals surface area contributed by atoms with Crippen LogP contribution in [-0.2, 0) is 9.59 Å². The molecule has 0 aromatic heterocycles. The first kappa shape index (κ1) is 26.4. The van der Waals surface area contributed by atoms with Crippen molar-refractivity contribution >= 4 is 40.7 Å². The van der Waals surface area contributed by atoms with Crippen LogP contribution in [-0.4, -0.2) is 91.3 Å². The molecule has 0 bridgehead atoms. The van der Waals surface area contributed by atoms with Crippen LogP contribution in [0.3, 0.4) is 0 Å². The minimum Gasteiger partial charge on any atom is -0.369 e. The Morgan fingerprint density at radius 3 is 2.23 bits per heavy atom. The molecule has 6 nitrogen and oxygen atoms in total. The Bertz CT molecular complexity index is 926. The molecule has 10 heteroatoms. The van der Waals surface area contributed by atoms with Crippen LogP contribution >= 0.6 is 23.2 Å². The van der Waals surface area contributed by atoms with Gasteiger partial charge < -0.3 is 19.6 Å². The van der Waals surface area contributed by atoms with E-state index < -0.39 is 24.9 Å². The highest BCUT2D eigenvalue weighted by Gasteiger charge is 2.46. The van der Waals surface area contributed by atoms with Crippen molar-refractivity contribution in [1.29, 1.82) is 0 Å². The number of rotatable bonds is 4. The summed E-state index contributed by atoms with van der Waals surface area (Å²) in [7, 11) is 0. The Balaban J connectivity index is 0.000000239. The van der Waals surface area contributed by atoms with Crippen molar-refractivity contribution < 1.29 is 18.4 Å². The first-order valence-electron chi connectivity index (χ1n) is 12.5. The molecule has 0 atom stereocenters. The Kier molecular flexibility index (Phi) is 8.13. The summed E-state index contributed by atoms with van der Waals surface area (Å²) in [5.74, 6) is -3.41. The third-order valence-electron chi connectivity index (χ3n) is 7.70. The molecule has 2 amide bonds. The van der Waals surface area contributed by atoms with Crippen LogP contribution in [0.5, 0.6) is 0 Å². The van der Waals surface area contributed by atoms with Gasteiger partial charge in [-0.25, -0.2) is 8.78 Å². The van der Waals surface area contributed by atoms with Crippen molar-refractivity contribution in [2.45, 2.75) is 45.0 Å². The van der Waals surface area contributed by atoms with Gasteiger partial charge in [-0.05, 0) is 68.9 Å². The largest absolute Gasteiger partial charge is 0.369 e. The predicted octanol–water partition coefficient (Wildman–Crippen LogP) is 4.39. The molecule has 0 unspecified atom stereocenters. The lowest BCUT2D eigenvalue weighted by molar-refractivity contribution is -0.167. The zero-order valence-electron chi connectivity index (χ0n) is 20.2. The second-order valence-electron chi connectivity index (χ2n) is 10.2. The molecule has 3 aliphatic heterocycles. The van der Waals surface area contributed by atoms with E-state index in [0.29, 0.717) is 29.7 Å². The van der Waals surface area contributed by atoms with Crippen molar-refractivity contribution in [2.75, 3.05) is 63.8 Å². The fourth-order valence-corrected chi connectivity index (χ4v) is 5.24. The Hall–Kier alpha value is -1.64. The standard InChI is InChI=1S/C16H17Cl2F2N3O2.C9H17N/c17-12-2-1-11(7-13(12)18)21-4-3-14(24)22(6-5-21)8-15(25)23-9-16(19,20)10-23;1-2-10-7-5-9(3-4-9)6-8-10/h1-2,7H,3-6,8-10H2;2-8H2,1H3. The maximum absolute atomic E-state index is 12.9. The highest BCUT2D eigenvalue weighted by Crippen LogP contribution is 2.53. The maximum Gasteiger partial charge on any atom is 0.282 e. The number of likely N-dealkylation sites (tertiary alicyclic amines) is 2. The smallest absolute Gasteiger partial charge is 0.282 e. The van der Waals surface area contributed by atoms with Crippen LogP contribution in [0, 0.1) is 5.41 Å². The van der Waals surface area contributed by atoms with Gasteiger partial charge in [0, 0.05) is 31.7 Å². The van der Waals surface area contributed by atoms with E-state index in [1.807, 2.05) is 11.0 Å². The van der Waals surface area contributed by atoms with E-state index in [0.717, 1.165) is 16.0 Å². The van der Waals surface area contributed by atoms with Crippen LogP contribution in [0.2, 0.25) is 10.0 Å². The van der Waals surface area contributed by atoms with Gasteiger partial charge in [-0.1, -0.05) is 30.1 Å². The van der Waals surface area contributed by atoms with Gasteiger partial charge in [0.2, 0.25) is 11.8 Å². The molecule has 1 aliphatic carbocycles. The maximum atomic E-state index is 12.9. The molecule has 35 heavy (non-hydrogen) atoms. The first-order valence-corrected chi connectivity index (χ1v) is 13.2. The fraction of sp³-hybridized carbons (Fsp3) is 0.680. The Labute approximate surface area is 216 Å². The summed E-state index contributed by atoms with van der Waals surface area (Å²) >= 11 is 11.9. The molecular weight excluding hydrogens is 497 g/mol. The van der Waals surface area contributed by atoms with Crippen molar-refractivity contribution in [1.82, 2.24) is 14.7 Å². The van der Waals surface area contributed by atoms with E-state index in [2.05, 4.69) is 11.8 Å². The monoisotopic (exact) mass is 530 g/mol. The minimum atomic E-state index is -2.80. The summed E-state index contributed by atoms with van der Waals surface area (Å²) < 4.78 is 25.7. The summed E-state index contributed by atoms with van der Waals surface area (Å²) in [4.78, 5) is 31.3. The molecule has 4 fully saturated rings. The highest BCUT2D eigenvalue weighted by molar-refractivity contribution is 6.42. The van der Waals surface area contributed by atoms with Gasteiger partial charge in [0.25, 0.3) is 5.92 Å². The fourth-order valence-electron chi connectivity index (χ4n) is 4.95. The van der Waals surface area contributed by atoms with E-state index >= 15 is 0 Å². The van der Waals surface area contributed by atoms with Crippen molar-refractivity contribution in [3.63, 3.8) is 0 Å². The van der Waals surface area contributed by atoms with Gasteiger partial charge in [0.05, 0.1) is 29.7 Å². The molecule has 5 rings (SSSR count). The van der Waals surface area contributed by atoms with E-state index in [1.54, 1.807) is 12.1 Å². The van der Waals surface area contributed by atoms with Gasteiger partial charge in [-0.3, -0.25) is 9.59 Å². The zero-order chi connectivity index (χ0) is 25.2. The van der Waals surface area contributed by atoms with Crippen LogP contribution < -0.4 is 4.90 Å². The summed E-state index contributed by atoms with van der Waals surface area (Å²) in [6.07, 6.45) is 6.28. The van der Waals surface area contributed by atoms with Crippen molar-refractivity contribution in [3.05, 3.63) is 28.2 Å². The highest BCUT2D eigenvalue weighted by atomic mass is 35.5. The number of carbonyl (C=O) groups excluding carboxylic acids is 2. The third kappa shape index (κ3) is 6.77. The molecule has 194 valence electrons. The average molecular weight is 531 g/mol. The lowest BCUT2D eigenvalue weighted by Gasteiger charge is -2.39. The molecule has 1 saturated carbocycles. The number of amides is 2. The van der Waals surface area contributed by atoms with E-state index in [1.165, 1.54) is 50.2 Å². The van der Waals surface area contributed by atoms with Crippen molar-refractivity contribution in [2.24, 2.45) is 5.41 Å². The summed E-state index contributed by atoms with van der Waals surface area (Å²) in [6.45, 7) is 6.33. The summed E-state index contributed by atoms with van der Waals surface area (Å²) in [6, 6.07) is 5.25. The van der Waals surface area contributed by atoms with Gasteiger partial charge in [-0.15, -0.1) is 0 Å².